The van der Waals surface area contributed by atoms with Crippen LogP contribution in [-0.4, -0.2) is 45.0 Å². The molecule has 6 nitrogen and oxygen atoms in total. The first-order valence-corrected chi connectivity index (χ1v) is 9.13. The average molecular weight is 327 g/mol. The molecule has 2 aliphatic rings. The van der Waals surface area contributed by atoms with Gasteiger partial charge >= 0.3 is 0 Å². The highest BCUT2D eigenvalue weighted by Gasteiger charge is 2.68. The lowest BCUT2D eigenvalue weighted by atomic mass is 10.1. The third-order valence-electron chi connectivity index (χ3n) is 4.40. The Morgan fingerprint density at radius 2 is 2.05 bits per heavy atom. The maximum absolute atomic E-state index is 12.4. The highest BCUT2D eigenvalue weighted by molar-refractivity contribution is 7.92. The van der Waals surface area contributed by atoms with E-state index in [1.54, 1.807) is 13.0 Å². The molecule has 1 aromatic rings. The molecule has 0 bridgehead atoms. The van der Waals surface area contributed by atoms with Crippen molar-refractivity contribution in [2.45, 2.75) is 30.6 Å². The van der Waals surface area contributed by atoms with Crippen molar-refractivity contribution < 1.29 is 22.6 Å². The van der Waals surface area contributed by atoms with Crippen LogP contribution in [-0.2, 0) is 14.6 Å². The summed E-state index contributed by atoms with van der Waals surface area (Å²) in [7, 11) is -3.25. The quantitative estimate of drug-likeness (QED) is 0.840. The molecule has 1 heterocycles. The number of ether oxygens (including phenoxy) is 3. The fourth-order valence-electron chi connectivity index (χ4n) is 3.19. The highest BCUT2D eigenvalue weighted by Crippen LogP contribution is 2.55. The zero-order valence-electron chi connectivity index (χ0n) is 12.7. The smallest absolute Gasteiger partial charge is 0.231 e. The van der Waals surface area contributed by atoms with Gasteiger partial charge in [0.1, 0.15) is 0 Å². The molecule has 0 radical (unpaired) electrons. The van der Waals surface area contributed by atoms with Crippen molar-refractivity contribution in [3.63, 3.8) is 0 Å². The summed E-state index contributed by atoms with van der Waals surface area (Å²) in [5.74, 6) is 1.10. The van der Waals surface area contributed by atoms with Crippen LogP contribution in [0.2, 0.25) is 0 Å². The predicted molar refractivity (Wildman–Crippen MR) is 82.0 cm³/mol. The average Bonchev–Trinajstić information content (AvgIpc) is 2.90. The summed E-state index contributed by atoms with van der Waals surface area (Å²) in [6, 6.07) is 5.48. The largest absolute Gasteiger partial charge is 0.454 e. The Bertz CT molecular complexity index is 675. The minimum Gasteiger partial charge on any atom is -0.454 e. The number of hydrogen-bond acceptors (Lipinski definition) is 6. The first-order chi connectivity index (χ1) is 10.4. The SMILES string of the molecule is CCOCC1(N)C(c2ccc3c(c2)OCO3)C1S(=O)(=O)CC. The molecule has 0 saturated heterocycles. The Hall–Kier alpha value is -1.31. The summed E-state index contributed by atoms with van der Waals surface area (Å²) in [4.78, 5) is 0. The van der Waals surface area contributed by atoms with Gasteiger partial charge in [0.25, 0.3) is 0 Å². The molecule has 3 unspecified atom stereocenters. The first-order valence-electron chi connectivity index (χ1n) is 7.41. The lowest BCUT2D eigenvalue weighted by molar-refractivity contribution is 0.125. The van der Waals surface area contributed by atoms with Crippen molar-refractivity contribution in [3.8, 4) is 11.5 Å². The summed E-state index contributed by atoms with van der Waals surface area (Å²) in [6.45, 7) is 4.43. The maximum atomic E-state index is 12.4. The molecule has 122 valence electrons. The van der Waals surface area contributed by atoms with Gasteiger partial charge in [-0.05, 0) is 24.6 Å². The minimum atomic E-state index is -3.25. The second-order valence-corrected chi connectivity index (χ2v) is 8.12. The second kappa shape index (κ2) is 5.40. The molecular formula is C15H21NO5S. The van der Waals surface area contributed by atoms with E-state index in [9.17, 15) is 8.42 Å². The van der Waals surface area contributed by atoms with E-state index in [0.29, 0.717) is 18.1 Å². The molecule has 3 atom stereocenters. The summed E-state index contributed by atoms with van der Waals surface area (Å²) in [6.07, 6.45) is 0. The van der Waals surface area contributed by atoms with Crippen LogP contribution >= 0.6 is 0 Å². The fraction of sp³-hybridized carbons (Fsp3) is 0.600. The van der Waals surface area contributed by atoms with Crippen molar-refractivity contribution in [2.75, 3.05) is 25.8 Å². The van der Waals surface area contributed by atoms with Crippen molar-refractivity contribution >= 4 is 9.84 Å². The highest BCUT2D eigenvalue weighted by atomic mass is 32.2. The molecule has 3 rings (SSSR count). The molecular weight excluding hydrogens is 306 g/mol. The minimum absolute atomic E-state index is 0.0732. The number of nitrogens with two attached hydrogens (primary N) is 1. The van der Waals surface area contributed by atoms with Crippen molar-refractivity contribution in [1.29, 1.82) is 0 Å². The summed E-state index contributed by atoms with van der Waals surface area (Å²) >= 11 is 0. The van der Waals surface area contributed by atoms with Crippen LogP contribution in [0.1, 0.15) is 25.3 Å². The van der Waals surface area contributed by atoms with Gasteiger partial charge in [-0.15, -0.1) is 0 Å². The van der Waals surface area contributed by atoms with Gasteiger partial charge in [0, 0.05) is 18.3 Å². The van der Waals surface area contributed by atoms with Crippen LogP contribution in [0.4, 0.5) is 0 Å². The van der Waals surface area contributed by atoms with E-state index in [0.717, 1.165) is 5.56 Å². The Kier molecular flexibility index (Phi) is 3.82. The van der Waals surface area contributed by atoms with Crippen LogP contribution in [0.3, 0.4) is 0 Å². The molecule has 7 heteroatoms. The van der Waals surface area contributed by atoms with E-state index in [1.165, 1.54) is 0 Å². The summed E-state index contributed by atoms with van der Waals surface area (Å²) in [5.41, 5.74) is 6.36. The topological polar surface area (TPSA) is 87.8 Å². The fourth-order valence-corrected chi connectivity index (χ4v) is 5.18. The predicted octanol–water partition coefficient (Wildman–Crippen LogP) is 1.05. The van der Waals surface area contributed by atoms with Gasteiger partial charge in [-0.25, -0.2) is 8.42 Å². The lowest BCUT2D eigenvalue weighted by Gasteiger charge is -2.12. The number of fused-ring (bicyclic) bond motifs is 1. The van der Waals surface area contributed by atoms with Gasteiger partial charge in [-0.3, -0.25) is 0 Å². The number of rotatable bonds is 6. The van der Waals surface area contributed by atoms with E-state index in [-0.39, 0.29) is 25.1 Å². The standard InChI is InChI=1S/C15H21NO5S/c1-3-19-8-15(16)13(14(15)22(17,18)4-2)10-5-6-11-12(7-10)21-9-20-11/h5-7,13-14H,3-4,8-9,16H2,1-2H3. The molecule has 2 N–H and O–H groups in total. The van der Waals surface area contributed by atoms with Crippen LogP contribution < -0.4 is 15.2 Å². The normalized spacial score (nSPS) is 29.6. The third kappa shape index (κ3) is 2.37. The van der Waals surface area contributed by atoms with E-state index < -0.39 is 20.6 Å². The lowest BCUT2D eigenvalue weighted by Crippen LogP contribution is -2.36. The Morgan fingerprint density at radius 1 is 1.32 bits per heavy atom. The van der Waals surface area contributed by atoms with Crippen molar-refractivity contribution in [1.82, 2.24) is 0 Å². The van der Waals surface area contributed by atoms with Gasteiger partial charge in [0.05, 0.1) is 17.4 Å². The van der Waals surface area contributed by atoms with Crippen molar-refractivity contribution in [3.05, 3.63) is 23.8 Å². The monoisotopic (exact) mass is 327 g/mol. The van der Waals surface area contributed by atoms with Gasteiger partial charge < -0.3 is 19.9 Å². The van der Waals surface area contributed by atoms with Crippen LogP contribution in [0.5, 0.6) is 11.5 Å². The van der Waals surface area contributed by atoms with E-state index in [1.807, 2.05) is 19.1 Å². The zero-order valence-corrected chi connectivity index (χ0v) is 13.6. The Morgan fingerprint density at radius 3 is 2.73 bits per heavy atom. The molecule has 0 aromatic heterocycles. The number of hydrogen-bond donors (Lipinski definition) is 1. The van der Waals surface area contributed by atoms with Gasteiger partial charge in [0.15, 0.2) is 21.3 Å². The van der Waals surface area contributed by atoms with Gasteiger partial charge in [-0.1, -0.05) is 13.0 Å². The van der Waals surface area contributed by atoms with E-state index >= 15 is 0 Å². The number of sulfone groups is 1. The Labute approximate surface area is 130 Å². The second-order valence-electron chi connectivity index (χ2n) is 5.71. The van der Waals surface area contributed by atoms with E-state index in [4.69, 9.17) is 19.9 Å². The Balaban J connectivity index is 1.93. The summed E-state index contributed by atoms with van der Waals surface area (Å²) < 4.78 is 40.8. The van der Waals surface area contributed by atoms with Crippen LogP contribution in [0.15, 0.2) is 18.2 Å². The maximum Gasteiger partial charge on any atom is 0.231 e. The van der Waals surface area contributed by atoms with Crippen molar-refractivity contribution in [2.24, 2.45) is 5.73 Å². The van der Waals surface area contributed by atoms with E-state index in [2.05, 4.69) is 0 Å². The molecule has 1 aliphatic heterocycles. The van der Waals surface area contributed by atoms with Gasteiger partial charge in [0.2, 0.25) is 6.79 Å². The summed E-state index contributed by atoms with van der Waals surface area (Å²) in [5, 5.41) is -0.614. The molecule has 1 aliphatic carbocycles. The molecule has 1 saturated carbocycles. The van der Waals surface area contributed by atoms with Crippen LogP contribution in [0, 0.1) is 0 Å². The van der Waals surface area contributed by atoms with Gasteiger partial charge in [-0.2, -0.15) is 0 Å². The molecule has 0 amide bonds. The molecule has 0 spiro atoms. The number of benzene rings is 1. The molecule has 1 aromatic carbocycles. The third-order valence-corrected chi connectivity index (χ3v) is 6.69. The molecule has 22 heavy (non-hydrogen) atoms. The molecule has 1 fully saturated rings. The first kappa shape index (κ1) is 15.6. The zero-order chi connectivity index (χ0) is 16.0. The van der Waals surface area contributed by atoms with Crippen LogP contribution in [0.25, 0.3) is 0 Å².